The summed E-state index contributed by atoms with van der Waals surface area (Å²) in [5.41, 5.74) is 4.14. The molecule has 0 bridgehead atoms. The van der Waals surface area contributed by atoms with Gasteiger partial charge >= 0.3 is 0 Å². The van der Waals surface area contributed by atoms with Crippen LogP contribution in [0.5, 0.6) is 0 Å². The normalized spacial score (nSPS) is 11.0. The molecule has 0 spiro atoms. The number of nitrogens with one attached hydrogen (secondary N) is 1. The third-order valence-electron chi connectivity index (χ3n) is 3.61. The van der Waals surface area contributed by atoms with Crippen LogP contribution in [0.25, 0.3) is 0 Å². The van der Waals surface area contributed by atoms with Crippen molar-refractivity contribution >= 4 is 21.6 Å². The van der Waals surface area contributed by atoms with Crippen LogP contribution in [0, 0.1) is 18.3 Å². The lowest BCUT2D eigenvalue weighted by Crippen LogP contribution is -2.13. The van der Waals surface area contributed by atoms with Gasteiger partial charge in [0, 0.05) is 16.7 Å². The van der Waals surface area contributed by atoms with E-state index in [2.05, 4.69) is 52.4 Å². The van der Waals surface area contributed by atoms with Gasteiger partial charge in [0.05, 0.1) is 11.5 Å². The molecule has 0 aromatic heterocycles. The Hall–Kier alpha value is -1.79. The van der Waals surface area contributed by atoms with E-state index in [0.717, 1.165) is 22.3 Å². The largest absolute Gasteiger partial charge is 0.381 e. The Morgan fingerprint density at radius 1 is 1.14 bits per heavy atom. The van der Waals surface area contributed by atoms with Crippen molar-refractivity contribution in [2.75, 3.05) is 5.32 Å². The molecule has 0 unspecified atom stereocenters. The molecule has 0 atom stereocenters. The third kappa shape index (κ3) is 3.86. The number of halogens is 1. The summed E-state index contributed by atoms with van der Waals surface area (Å²) < 4.78 is 1.13. The van der Waals surface area contributed by atoms with Crippen molar-refractivity contribution in [3.8, 4) is 6.07 Å². The molecule has 0 amide bonds. The van der Waals surface area contributed by atoms with E-state index in [1.54, 1.807) is 0 Å². The summed E-state index contributed by atoms with van der Waals surface area (Å²) in [6, 6.07) is 16.8. The second kappa shape index (κ2) is 6.32. The number of hydrogen-bond donors (Lipinski definition) is 1. The van der Waals surface area contributed by atoms with Crippen LogP contribution >= 0.6 is 15.9 Å². The minimum atomic E-state index is -0.443. The molecule has 0 aliphatic carbocycles. The van der Waals surface area contributed by atoms with Gasteiger partial charge in [0.2, 0.25) is 0 Å². The monoisotopic (exact) mass is 342 g/mol. The van der Waals surface area contributed by atoms with Crippen LogP contribution in [0.15, 0.2) is 46.9 Å². The summed E-state index contributed by atoms with van der Waals surface area (Å²) in [6.07, 6.45) is 0. The quantitative estimate of drug-likeness (QED) is 0.831. The fourth-order valence-corrected chi connectivity index (χ4v) is 2.34. The predicted octanol–water partition coefficient (Wildman–Crippen LogP) is 5.17. The van der Waals surface area contributed by atoms with Crippen LogP contribution in [-0.4, -0.2) is 0 Å². The van der Waals surface area contributed by atoms with E-state index in [0.29, 0.717) is 0 Å². The summed E-state index contributed by atoms with van der Waals surface area (Å²) >= 11 is 3.51. The standard InChI is InChI=1S/C18H19BrN2/c1-13-10-14(4-9-17(13)19)11-21-16-7-5-15(6-8-16)18(2,3)12-20/h4-10,21H,11H2,1-3H3. The first-order valence-electron chi connectivity index (χ1n) is 6.93. The Balaban J connectivity index is 2.04. The molecule has 0 radical (unpaired) electrons. The number of nitriles is 1. The Labute approximate surface area is 134 Å². The molecule has 0 aliphatic rings. The van der Waals surface area contributed by atoms with Gasteiger partial charge in [0.15, 0.2) is 0 Å². The van der Waals surface area contributed by atoms with Crippen molar-refractivity contribution in [2.24, 2.45) is 0 Å². The molecular formula is C18H19BrN2. The van der Waals surface area contributed by atoms with Gasteiger partial charge in [-0.15, -0.1) is 0 Å². The summed E-state index contributed by atoms with van der Waals surface area (Å²) in [6.45, 7) is 6.74. The molecular weight excluding hydrogens is 324 g/mol. The molecule has 0 fully saturated rings. The highest BCUT2D eigenvalue weighted by molar-refractivity contribution is 9.10. The smallest absolute Gasteiger partial charge is 0.0766 e. The van der Waals surface area contributed by atoms with E-state index in [9.17, 15) is 0 Å². The van der Waals surface area contributed by atoms with Gasteiger partial charge < -0.3 is 5.32 Å². The number of rotatable bonds is 4. The highest BCUT2D eigenvalue weighted by Gasteiger charge is 2.18. The molecule has 0 heterocycles. The van der Waals surface area contributed by atoms with Gasteiger partial charge in [-0.3, -0.25) is 0 Å². The number of aryl methyl sites for hydroxylation is 1. The molecule has 0 saturated carbocycles. The second-order valence-corrected chi connectivity index (χ2v) is 6.61. The summed E-state index contributed by atoms with van der Waals surface area (Å²) in [7, 11) is 0. The first-order valence-corrected chi connectivity index (χ1v) is 7.72. The van der Waals surface area contributed by atoms with Crippen molar-refractivity contribution in [3.05, 3.63) is 63.6 Å². The maximum Gasteiger partial charge on any atom is 0.0766 e. The summed E-state index contributed by atoms with van der Waals surface area (Å²) in [5, 5.41) is 12.6. The lowest BCUT2D eigenvalue weighted by molar-refractivity contribution is 0.687. The van der Waals surface area contributed by atoms with Gasteiger partial charge in [-0.2, -0.15) is 5.26 Å². The molecule has 0 aliphatic heterocycles. The fraction of sp³-hybridized carbons (Fsp3) is 0.278. The minimum absolute atomic E-state index is 0.443. The van der Waals surface area contributed by atoms with Crippen molar-refractivity contribution < 1.29 is 0 Å². The zero-order valence-electron chi connectivity index (χ0n) is 12.6. The van der Waals surface area contributed by atoms with Crippen LogP contribution in [0.1, 0.15) is 30.5 Å². The second-order valence-electron chi connectivity index (χ2n) is 5.75. The van der Waals surface area contributed by atoms with E-state index in [1.807, 2.05) is 38.1 Å². The highest BCUT2D eigenvalue weighted by Crippen LogP contribution is 2.24. The van der Waals surface area contributed by atoms with Crippen LogP contribution in [0.4, 0.5) is 5.69 Å². The van der Waals surface area contributed by atoms with Crippen molar-refractivity contribution in [1.82, 2.24) is 0 Å². The van der Waals surface area contributed by atoms with Gasteiger partial charge in [0.25, 0.3) is 0 Å². The SMILES string of the molecule is Cc1cc(CNc2ccc(C(C)(C)C#N)cc2)ccc1Br. The highest BCUT2D eigenvalue weighted by atomic mass is 79.9. The minimum Gasteiger partial charge on any atom is -0.381 e. The van der Waals surface area contributed by atoms with E-state index in [-0.39, 0.29) is 0 Å². The lowest BCUT2D eigenvalue weighted by Gasteiger charge is -2.16. The number of hydrogen-bond acceptors (Lipinski definition) is 2. The number of anilines is 1. The molecule has 2 rings (SSSR count). The zero-order valence-corrected chi connectivity index (χ0v) is 14.2. The maximum absolute atomic E-state index is 9.15. The fourth-order valence-electron chi connectivity index (χ4n) is 2.09. The average molecular weight is 343 g/mol. The number of nitrogens with zero attached hydrogens (tertiary/aromatic N) is 1. The van der Waals surface area contributed by atoms with Crippen molar-refractivity contribution in [2.45, 2.75) is 32.7 Å². The first kappa shape index (κ1) is 15.6. The molecule has 108 valence electrons. The topological polar surface area (TPSA) is 35.8 Å². The van der Waals surface area contributed by atoms with Gasteiger partial charge in [-0.05, 0) is 55.7 Å². The van der Waals surface area contributed by atoms with Crippen LogP contribution in [0.3, 0.4) is 0 Å². The van der Waals surface area contributed by atoms with E-state index < -0.39 is 5.41 Å². The lowest BCUT2D eigenvalue weighted by atomic mass is 9.86. The Kier molecular flexibility index (Phi) is 4.69. The van der Waals surface area contributed by atoms with E-state index in [4.69, 9.17) is 5.26 Å². The van der Waals surface area contributed by atoms with E-state index in [1.165, 1.54) is 11.1 Å². The van der Waals surface area contributed by atoms with Crippen LogP contribution in [-0.2, 0) is 12.0 Å². The first-order chi connectivity index (χ1) is 9.92. The van der Waals surface area contributed by atoms with Gasteiger partial charge in [-0.1, -0.05) is 40.2 Å². The molecule has 2 aromatic rings. The molecule has 3 heteroatoms. The Bertz CT molecular complexity index is 667. The molecule has 21 heavy (non-hydrogen) atoms. The Morgan fingerprint density at radius 3 is 2.38 bits per heavy atom. The molecule has 0 saturated heterocycles. The average Bonchev–Trinajstić information content (AvgIpc) is 2.49. The zero-order chi connectivity index (χ0) is 15.5. The molecule has 2 aromatic carbocycles. The molecule has 2 nitrogen and oxygen atoms in total. The summed E-state index contributed by atoms with van der Waals surface area (Å²) in [4.78, 5) is 0. The Morgan fingerprint density at radius 2 is 1.81 bits per heavy atom. The number of benzene rings is 2. The van der Waals surface area contributed by atoms with Gasteiger partial charge in [-0.25, -0.2) is 0 Å². The van der Waals surface area contributed by atoms with Crippen LogP contribution < -0.4 is 5.32 Å². The van der Waals surface area contributed by atoms with E-state index >= 15 is 0 Å². The summed E-state index contributed by atoms with van der Waals surface area (Å²) in [5.74, 6) is 0. The maximum atomic E-state index is 9.15. The van der Waals surface area contributed by atoms with Crippen molar-refractivity contribution in [3.63, 3.8) is 0 Å². The third-order valence-corrected chi connectivity index (χ3v) is 4.49. The predicted molar refractivity (Wildman–Crippen MR) is 91.3 cm³/mol. The van der Waals surface area contributed by atoms with Gasteiger partial charge in [0.1, 0.15) is 0 Å². The van der Waals surface area contributed by atoms with Crippen molar-refractivity contribution in [1.29, 1.82) is 5.26 Å². The van der Waals surface area contributed by atoms with Crippen LogP contribution in [0.2, 0.25) is 0 Å². The molecule has 1 N–H and O–H groups in total.